The first kappa shape index (κ1) is 20.9. The number of ether oxygens (including phenoxy) is 1. The van der Waals surface area contributed by atoms with Crippen LogP contribution in [0.4, 0.5) is 9.39 Å². The zero-order chi connectivity index (χ0) is 21.5. The topological polar surface area (TPSA) is 91.8 Å². The fraction of sp³-hybridized carbons (Fsp3) is 0.476. The summed E-state index contributed by atoms with van der Waals surface area (Å²) >= 11 is 1.13. The Hall–Kier alpha value is -2.36. The van der Waals surface area contributed by atoms with Gasteiger partial charge in [-0.15, -0.1) is 0 Å². The van der Waals surface area contributed by atoms with E-state index in [9.17, 15) is 14.7 Å². The van der Waals surface area contributed by atoms with Gasteiger partial charge in [0.25, 0.3) is 5.91 Å². The number of hydrogen-bond acceptors (Lipinski definition) is 7. The Bertz CT molecular complexity index is 985. The number of carbonyl (C=O) groups is 2. The number of alkyl halides is 1. The van der Waals surface area contributed by atoms with E-state index in [4.69, 9.17) is 4.74 Å². The van der Waals surface area contributed by atoms with Crippen LogP contribution in [0.5, 0.6) is 0 Å². The third kappa shape index (κ3) is 3.97. The molecule has 2 N–H and O–H groups in total. The lowest BCUT2D eigenvalue weighted by molar-refractivity contribution is -0.130. The smallest absolute Gasteiger partial charge is 0.338 e. The maximum absolute atomic E-state index is 15.2. The molecule has 0 unspecified atom stereocenters. The van der Waals surface area contributed by atoms with Gasteiger partial charge in [0.2, 0.25) is 0 Å². The summed E-state index contributed by atoms with van der Waals surface area (Å²) in [5.74, 6) is -0.971. The van der Waals surface area contributed by atoms with Gasteiger partial charge in [-0.05, 0) is 48.6 Å². The fourth-order valence-corrected chi connectivity index (χ4v) is 4.69. The van der Waals surface area contributed by atoms with Crippen LogP contribution in [0.2, 0.25) is 0 Å². The predicted molar refractivity (Wildman–Crippen MR) is 110 cm³/mol. The Morgan fingerprint density at radius 3 is 2.80 bits per heavy atom. The molecule has 0 radical (unpaired) electrons. The summed E-state index contributed by atoms with van der Waals surface area (Å²) in [5, 5.41) is 13.9. The highest BCUT2D eigenvalue weighted by Crippen LogP contribution is 2.32. The summed E-state index contributed by atoms with van der Waals surface area (Å²) < 4.78 is 24.3. The Morgan fingerprint density at radius 2 is 2.13 bits per heavy atom. The molecule has 0 aliphatic carbocycles. The number of benzene rings is 1. The van der Waals surface area contributed by atoms with Crippen LogP contribution >= 0.6 is 11.5 Å². The van der Waals surface area contributed by atoms with Gasteiger partial charge in [0.1, 0.15) is 11.6 Å². The molecule has 1 fully saturated rings. The molecule has 160 valence electrons. The van der Waals surface area contributed by atoms with E-state index in [0.717, 1.165) is 33.9 Å². The number of rotatable bonds is 5. The number of aliphatic hydroxyl groups excluding tert-OH is 1. The monoisotopic (exact) mass is 433 g/mol. The number of likely N-dealkylation sites (tertiary alicyclic amines) is 1. The molecule has 2 aliphatic heterocycles. The van der Waals surface area contributed by atoms with E-state index in [2.05, 4.69) is 9.69 Å². The highest BCUT2D eigenvalue weighted by Gasteiger charge is 2.42. The third-order valence-corrected chi connectivity index (χ3v) is 6.71. The van der Waals surface area contributed by atoms with Crippen molar-refractivity contribution >= 4 is 28.4 Å². The molecular formula is C21H24FN3O4S. The van der Waals surface area contributed by atoms with E-state index in [1.807, 2.05) is 18.7 Å². The summed E-state index contributed by atoms with van der Waals surface area (Å²) in [6.07, 6.45) is -0.643. The molecule has 30 heavy (non-hydrogen) atoms. The number of carbonyl (C=O) groups excluding carboxylic acids is 2. The number of cyclic esters (lactones) is 1. The van der Waals surface area contributed by atoms with Crippen molar-refractivity contribution in [1.82, 2.24) is 9.27 Å². The van der Waals surface area contributed by atoms with Crippen LogP contribution in [0.1, 0.15) is 51.7 Å². The van der Waals surface area contributed by atoms with Gasteiger partial charge in [-0.25, -0.2) is 9.18 Å². The van der Waals surface area contributed by atoms with Crippen LogP contribution in [0.25, 0.3) is 0 Å². The Labute approximate surface area is 178 Å². The summed E-state index contributed by atoms with van der Waals surface area (Å²) in [5.41, 5.74) is 1.80. The van der Waals surface area contributed by atoms with Crippen molar-refractivity contribution in [2.24, 2.45) is 0 Å². The lowest BCUT2D eigenvalue weighted by Gasteiger charge is -2.36. The third-order valence-electron chi connectivity index (χ3n) is 5.92. The van der Waals surface area contributed by atoms with Gasteiger partial charge >= 0.3 is 5.97 Å². The average Bonchev–Trinajstić information content (AvgIpc) is 3.30. The van der Waals surface area contributed by atoms with Gasteiger partial charge < -0.3 is 20.1 Å². The SMILES string of the molecule is Cc1cc(NC(=O)C2(F)CCN(C[C@H](O)c3ccc4c(c3C)COC4=O)CC2)sn1. The minimum atomic E-state index is -1.93. The first-order valence-corrected chi connectivity index (χ1v) is 10.7. The maximum Gasteiger partial charge on any atom is 0.338 e. The average molecular weight is 434 g/mol. The van der Waals surface area contributed by atoms with Gasteiger partial charge in [0.15, 0.2) is 5.67 Å². The molecular weight excluding hydrogens is 409 g/mol. The van der Waals surface area contributed by atoms with Gasteiger partial charge in [-0.1, -0.05) is 6.07 Å². The van der Waals surface area contributed by atoms with Crippen LogP contribution in [0.15, 0.2) is 18.2 Å². The van der Waals surface area contributed by atoms with Crippen molar-refractivity contribution in [3.63, 3.8) is 0 Å². The Balaban J connectivity index is 1.35. The zero-order valence-corrected chi connectivity index (χ0v) is 17.7. The van der Waals surface area contributed by atoms with Gasteiger partial charge in [0.05, 0.1) is 17.4 Å². The fourth-order valence-electron chi connectivity index (χ4n) is 4.04. The van der Waals surface area contributed by atoms with Crippen LogP contribution in [0.3, 0.4) is 0 Å². The van der Waals surface area contributed by atoms with Crippen molar-refractivity contribution in [2.75, 3.05) is 25.0 Å². The number of piperidine rings is 1. The van der Waals surface area contributed by atoms with E-state index in [1.165, 1.54) is 0 Å². The number of amides is 1. The molecule has 7 nitrogen and oxygen atoms in total. The van der Waals surface area contributed by atoms with Gasteiger partial charge in [0, 0.05) is 38.0 Å². The number of fused-ring (bicyclic) bond motifs is 1. The van der Waals surface area contributed by atoms with Crippen molar-refractivity contribution in [3.05, 3.63) is 46.1 Å². The molecule has 1 amide bonds. The summed E-state index contributed by atoms with van der Waals surface area (Å²) in [6.45, 7) is 4.98. The zero-order valence-electron chi connectivity index (χ0n) is 16.9. The number of esters is 1. The number of aromatic nitrogens is 1. The second kappa shape index (κ2) is 8.05. The Kier molecular flexibility index (Phi) is 5.61. The lowest BCUT2D eigenvalue weighted by Crippen LogP contribution is -2.49. The molecule has 1 aromatic carbocycles. The largest absolute Gasteiger partial charge is 0.457 e. The molecule has 2 aromatic rings. The Morgan fingerprint density at radius 1 is 1.40 bits per heavy atom. The van der Waals surface area contributed by atoms with Crippen LogP contribution < -0.4 is 5.32 Å². The van der Waals surface area contributed by atoms with Crippen LogP contribution in [-0.4, -0.2) is 51.6 Å². The number of aliphatic hydroxyl groups is 1. The molecule has 9 heteroatoms. The van der Waals surface area contributed by atoms with Crippen molar-refractivity contribution < 1.29 is 23.8 Å². The van der Waals surface area contributed by atoms with Gasteiger partial charge in [-0.3, -0.25) is 4.79 Å². The normalized spacial score (nSPS) is 19.3. The molecule has 1 saturated heterocycles. The molecule has 0 spiro atoms. The first-order valence-electron chi connectivity index (χ1n) is 9.90. The number of hydrogen-bond donors (Lipinski definition) is 2. The number of β-amino-alcohol motifs (C(OH)–C–C–N with tert-alkyl or cyclic N) is 1. The molecule has 4 rings (SSSR count). The number of nitrogens with one attached hydrogen (secondary N) is 1. The minimum Gasteiger partial charge on any atom is -0.457 e. The summed E-state index contributed by atoms with van der Waals surface area (Å²) in [7, 11) is 0. The molecule has 1 atom stereocenters. The summed E-state index contributed by atoms with van der Waals surface area (Å²) in [6, 6.07) is 5.15. The molecule has 0 saturated carbocycles. The maximum atomic E-state index is 15.2. The number of halogens is 1. The standard InChI is InChI=1S/C21H24FN3O4S/c1-12-9-18(30-24-12)23-20(28)21(22)5-7-25(8-6-21)10-17(26)14-3-4-15-16(13(14)2)11-29-19(15)27/h3-4,9,17,26H,5-8,10-11H2,1-2H3,(H,23,28)/t17-/m0/s1. The van der Waals surface area contributed by atoms with E-state index in [1.54, 1.807) is 18.2 Å². The van der Waals surface area contributed by atoms with E-state index in [0.29, 0.717) is 30.2 Å². The molecule has 3 heterocycles. The highest BCUT2D eigenvalue weighted by molar-refractivity contribution is 7.10. The molecule has 0 bridgehead atoms. The van der Waals surface area contributed by atoms with E-state index in [-0.39, 0.29) is 25.4 Å². The van der Waals surface area contributed by atoms with E-state index >= 15 is 4.39 Å². The van der Waals surface area contributed by atoms with Crippen molar-refractivity contribution in [3.8, 4) is 0 Å². The second-order valence-corrected chi connectivity index (χ2v) is 8.76. The van der Waals surface area contributed by atoms with E-state index < -0.39 is 17.7 Å². The highest BCUT2D eigenvalue weighted by atomic mass is 32.1. The van der Waals surface area contributed by atoms with Gasteiger partial charge in [-0.2, -0.15) is 4.37 Å². The van der Waals surface area contributed by atoms with Crippen LogP contribution in [-0.2, 0) is 16.1 Å². The predicted octanol–water partition coefficient (Wildman–Crippen LogP) is 2.91. The first-order chi connectivity index (χ1) is 14.3. The molecule has 1 aromatic heterocycles. The lowest BCUT2D eigenvalue weighted by atomic mass is 9.91. The van der Waals surface area contributed by atoms with Crippen molar-refractivity contribution in [1.29, 1.82) is 0 Å². The second-order valence-electron chi connectivity index (χ2n) is 7.95. The van der Waals surface area contributed by atoms with Crippen molar-refractivity contribution in [2.45, 2.75) is 45.1 Å². The number of nitrogens with zero attached hydrogens (tertiary/aromatic N) is 2. The quantitative estimate of drug-likeness (QED) is 0.705. The number of anilines is 1. The summed E-state index contributed by atoms with van der Waals surface area (Å²) in [4.78, 5) is 26.1. The molecule has 2 aliphatic rings. The van der Waals surface area contributed by atoms with Crippen LogP contribution in [0, 0.1) is 13.8 Å². The number of aryl methyl sites for hydroxylation is 1. The minimum absolute atomic E-state index is 0.0643.